The fraction of sp³-hybridized carbons (Fsp3) is 0.333. The van der Waals surface area contributed by atoms with E-state index >= 15 is 0 Å². The lowest BCUT2D eigenvalue weighted by molar-refractivity contribution is -0.137. The molecule has 2 aliphatic heterocycles. The van der Waals surface area contributed by atoms with Crippen LogP contribution < -0.4 is 0 Å². The van der Waals surface area contributed by atoms with Gasteiger partial charge in [-0.25, -0.2) is 8.42 Å². The molecule has 11 heteroatoms. The highest BCUT2D eigenvalue weighted by atomic mass is 32.2. The Hall–Kier alpha value is -2.63. The van der Waals surface area contributed by atoms with Crippen LogP contribution in [-0.4, -0.2) is 58.8 Å². The summed E-state index contributed by atoms with van der Waals surface area (Å²) >= 11 is 1.61. The van der Waals surface area contributed by atoms with Gasteiger partial charge in [0, 0.05) is 42.5 Å². The van der Waals surface area contributed by atoms with Gasteiger partial charge in [-0.1, -0.05) is 18.2 Å². The molecule has 35 heavy (non-hydrogen) atoms. The van der Waals surface area contributed by atoms with Gasteiger partial charge < -0.3 is 4.90 Å². The first kappa shape index (κ1) is 24.1. The normalized spacial score (nSPS) is 18.9. The molecule has 5 rings (SSSR count). The molecule has 2 aromatic carbocycles. The number of piperidine rings is 1. The number of sulfonamides is 1. The number of pyridine rings is 1. The van der Waals surface area contributed by atoms with Crippen molar-refractivity contribution >= 4 is 38.6 Å². The van der Waals surface area contributed by atoms with Crippen LogP contribution in [0.4, 0.5) is 13.2 Å². The summed E-state index contributed by atoms with van der Waals surface area (Å²) < 4.78 is 67.0. The van der Waals surface area contributed by atoms with Crippen molar-refractivity contribution in [2.24, 2.45) is 0 Å². The molecule has 2 saturated heterocycles. The van der Waals surface area contributed by atoms with Crippen molar-refractivity contribution in [1.29, 1.82) is 0 Å². The summed E-state index contributed by atoms with van der Waals surface area (Å²) in [6.45, 7) is 0.926. The van der Waals surface area contributed by atoms with Gasteiger partial charge >= 0.3 is 6.18 Å². The highest BCUT2D eigenvalue weighted by molar-refractivity contribution is 8.00. The second kappa shape index (κ2) is 8.79. The molecule has 1 aromatic heterocycles. The standard InChI is InChI=1S/C24H22F3N3O3S2/c25-24(26,27)19-8-6-18(7-9-19)22(31)30-15-16-34-23(30)10-13-29(14-11-23)35(32,33)20-5-1-3-17-4-2-12-28-21(17)20/h1-9,12H,10-11,13-16H2. The van der Waals surface area contributed by atoms with Crippen LogP contribution in [0.2, 0.25) is 0 Å². The zero-order valence-electron chi connectivity index (χ0n) is 18.5. The number of carbonyl (C=O) groups is 1. The largest absolute Gasteiger partial charge is 0.416 e. The van der Waals surface area contributed by atoms with Gasteiger partial charge in [0.05, 0.1) is 16.0 Å². The second-order valence-electron chi connectivity index (χ2n) is 8.56. The van der Waals surface area contributed by atoms with Crippen molar-refractivity contribution in [1.82, 2.24) is 14.2 Å². The maximum Gasteiger partial charge on any atom is 0.416 e. The molecule has 0 saturated carbocycles. The van der Waals surface area contributed by atoms with Gasteiger partial charge in [-0.2, -0.15) is 17.5 Å². The lowest BCUT2D eigenvalue weighted by Crippen LogP contribution is -2.53. The molecule has 0 radical (unpaired) electrons. The minimum Gasteiger partial charge on any atom is -0.323 e. The molecule has 2 aliphatic rings. The van der Waals surface area contributed by atoms with E-state index in [1.807, 2.05) is 12.1 Å². The van der Waals surface area contributed by atoms with Crippen molar-refractivity contribution in [2.75, 3.05) is 25.4 Å². The van der Waals surface area contributed by atoms with Crippen LogP contribution in [0, 0.1) is 0 Å². The first-order valence-electron chi connectivity index (χ1n) is 11.1. The second-order valence-corrected chi connectivity index (χ2v) is 11.9. The molecule has 0 N–H and O–H groups in total. The molecule has 6 nitrogen and oxygen atoms in total. The van der Waals surface area contributed by atoms with Gasteiger partial charge in [0.1, 0.15) is 4.90 Å². The minimum absolute atomic E-state index is 0.156. The number of amides is 1. The lowest BCUT2D eigenvalue weighted by Gasteiger charge is -2.43. The van der Waals surface area contributed by atoms with Crippen LogP contribution in [-0.2, 0) is 16.2 Å². The highest BCUT2D eigenvalue weighted by Gasteiger charge is 2.48. The Bertz CT molecular complexity index is 1360. The van der Waals surface area contributed by atoms with E-state index in [0.717, 1.165) is 17.5 Å². The average Bonchev–Trinajstić information content (AvgIpc) is 3.25. The third-order valence-electron chi connectivity index (χ3n) is 6.60. The van der Waals surface area contributed by atoms with Gasteiger partial charge in [-0.05, 0) is 49.2 Å². The maximum atomic E-state index is 13.5. The summed E-state index contributed by atoms with van der Waals surface area (Å²) in [7, 11) is -3.79. The van der Waals surface area contributed by atoms with Gasteiger partial charge in [0.25, 0.3) is 5.91 Å². The number of hydrogen-bond donors (Lipinski definition) is 0. The summed E-state index contributed by atoms with van der Waals surface area (Å²) in [5, 5.41) is 0.738. The number of carbonyl (C=O) groups excluding carboxylic acids is 1. The van der Waals surface area contributed by atoms with Gasteiger partial charge in [0.15, 0.2) is 0 Å². The summed E-state index contributed by atoms with van der Waals surface area (Å²) in [5.41, 5.74) is -0.192. The Morgan fingerprint density at radius 2 is 1.66 bits per heavy atom. The Morgan fingerprint density at radius 1 is 0.971 bits per heavy atom. The van der Waals surface area contributed by atoms with Crippen LogP contribution >= 0.6 is 11.8 Å². The van der Waals surface area contributed by atoms with Crippen LogP contribution in [0.5, 0.6) is 0 Å². The average molecular weight is 522 g/mol. The Morgan fingerprint density at radius 3 is 2.34 bits per heavy atom. The molecule has 3 aromatic rings. The van der Waals surface area contributed by atoms with E-state index in [2.05, 4.69) is 4.98 Å². The fourth-order valence-electron chi connectivity index (χ4n) is 4.77. The number of rotatable bonds is 3. The monoisotopic (exact) mass is 521 g/mol. The first-order valence-corrected chi connectivity index (χ1v) is 13.5. The number of aromatic nitrogens is 1. The molecule has 1 amide bonds. The van der Waals surface area contributed by atoms with E-state index in [9.17, 15) is 26.4 Å². The van der Waals surface area contributed by atoms with Crippen LogP contribution in [0.1, 0.15) is 28.8 Å². The Labute approximate surface area is 205 Å². The van der Waals surface area contributed by atoms with Crippen LogP contribution in [0.25, 0.3) is 10.9 Å². The predicted octanol–water partition coefficient (Wildman–Crippen LogP) is 4.62. The molecule has 0 unspecified atom stereocenters. The van der Waals surface area contributed by atoms with Crippen LogP contribution in [0.3, 0.4) is 0 Å². The molecule has 1 spiro atoms. The van der Waals surface area contributed by atoms with E-state index in [-0.39, 0.29) is 29.5 Å². The maximum absolute atomic E-state index is 13.5. The number of halogens is 3. The quantitative estimate of drug-likeness (QED) is 0.503. The topological polar surface area (TPSA) is 70.6 Å². The number of nitrogens with zero attached hydrogens (tertiary/aromatic N) is 3. The smallest absolute Gasteiger partial charge is 0.323 e. The van der Waals surface area contributed by atoms with E-state index in [1.54, 1.807) is 41.1 Å². The fourth-order valence-corrected chi connectivity index (χ4v) is 7.83. The summed E-state index contributed by atoms with van der Waals surface area (Å²) in [6, 6.07) is 12.9. The Kier molecular flexibility index (Phi) is 6.05. The minimum atomic E-state index is -4.47. The van der Waals surface area contributed by atoms with Gasteiger partial charge in [-0.3, -0.25) is 9.78 Å². The number of hydrogen-bond acceptors (Lipinski definition) is 5. The highest BCUT2D eigenvalue weighted by Crippen LogP contribution is 2.45. The van der Waals surface area contributed by atoms with Crippen molar-refractivity contribution in [3.63, 3.8) is 0 Å². The van der Waals surface area contributed by atoms with Crippen molar-refractivity contribution in [3.8, 4) is 0 Å². The van der Waals surface area contributed by atoms with Crippen molar-refractivity contribution in [3.05, 3.63) is 71.9 Å². The zero-order chi connectivity index (χ0) is 24.8. The number of benzene rings is 2. The first-order chi connectivity index (χ1) is 16.6. The number of fused-ring (bicyclic) bond motifs is 1. The molecule has 2 fully saturated rings. The summed E-state index contributed by atoms with van der Waals surface area (Å²) in [5.74, 6) is 0.352. The molecule has 0 bridgehead atoms. The molecule has 0 aliphatic carbocycles. The van der Waals surface area contributed by atoms with Crippen LogP contribution in [0.15, 0.2) is 65.7 Å². The molecular weight excluding hydrogens is 499 g/mol. The van der Waals surface area contributed by atoms with Crippen molar-refractivity contribution in [2.45, 2.75) is 28.8 Å². The number of thioether (sulfide) groups is 1. The van der Waals surface area contributed by atoms with Crippen molar-refractivity contribution < 1.29 is 26.4 Å². The number of alkyl halides is 3. The molecule has 3 heterocycles. The Balaban J connectivity index is 1.35. The molecule has 0 atom stereocenters. The summed E-state index contributed by atoms with van der Waals surface area (Å²) in [6.07, 6.45) is -2.04. The third kappa shape index (κ3) is 4.30. The SMILES string of the molecule is O=C(c1ccc(C(F)(F)F)cc1)N1CCSC12CCN(S(=O)(=O)c1cccc3cccnc13)CC2. The summed E-state index contributed by atoms with van der Waals surface area (Å²) in [4.78, 5) is 18.8. The van der Waals surface area contributed by atoms with E-state index in [1.165, 1.54) is 16.4 Å². The van der Waals surface area contributed by atoms with E-state index in [4.69, 9.17) is 0 Å². The predicted molar refractivity (Wildman–Crippen MR) is 127 cm³/mol. The van der Waals surface area contributed by atoms with E-state index in [0.29, 0.717) is 30.7 Å². The van der Waals surface area contributed by atoms with Gasteiger partial charge in [-0.15, -0.1) is 11.8 Å². The number of para-hydroxylation sites is 1. The third-order valence-corrected chi connectivity index (χ3v) is 10.1. The molecule has 184 valence electrons. The van der Waals surface area contributed by atoms with Gasteiger partial charge in [0.2, 0.25) is 10.0 Å². The lowest BCUT2D eigenvalue weighted by atomic mass is 10.0. The zero-order valence-corrected chi connectivity index (χ0v) is 20.2. The van der Waals surface area contributed by atoms with E-state index < -0.39 is 26.6 Å². The molecular formula is C24H22F3N3O3S2.